The van der Waals surface area contributed by atoms with Crippen molar-refractivity contribution in [3.63, 3.8) is 0 Å². The predicted octanol–water partition coefficient (Wildman–Crippen LogP) is 3.33. The number of aryl methyl sites for hydroxylation is 1. The molecule has 0 aliphatic rings. The molecule has 23 heavy (non-hydrogen) atoms. The van der Waals surface area contributed by atoms with E-state index in [9.17, 15) is 4.79 Å². The highest BCUT2D eigenvalue weighted by molar-refractivity contribution is 7.13. The summed E-state index contributed by atoms with van der Waals surface area (Å²) in [4.78, 5) is 16.5. The van der Waals surface area contributed by atoms with E-state index < -0.39 is 0 Å². The van der Waals surface area contributed by atoms with E-state index in [0.717, 1.165) is 16.1 Å². The fraction of sp³-hybridized carbons (Fsp3) is 0.235. The summed E-state index contributed by atoms with van der Waals surface area (Å²) in [6.45, 7) is 1.89. The lowest BCUT2D eigenvalue weighted by Crippen LogP contribution is -2.17. The van der Waals surface area contributed by atoms with Crippen molar-refractivity contribution in [3.8, 4) is 10.6 Å². The molecule has 0 N–H and O–H groups in total. The van der Waals surface area contributed by atoms with E-state index in [4.69, 9.17) is 4.74 Å². The summed E-state index contributed by atoms with van der Waals surface area (Å²) in [6, 6.07) is 9.96. The van der Waals surface area contributed by atoms with E-state index in [0.29, 0.717) is 12.1 Å². The summed E-state index contributed by atoms with van der Waals surface area (Å²) in [6.07, 6.45) is 4.08. The van der Waals surface area contributed by atoms with Gasteiger partial charge < -0.3 is 4.74 Å². The van der Waals surface area contributed by atoms with Crippen molar-refractivity contribution in [2.24, 2.45) is 7.05 Å². The van der Waals surface area contributed by atoms with Crippen LogP contribution in [0.3, 0.4) is 0 Å². The Labute approximate surface area is 138 Å². The lowest BCUT2D eigenvalue weighted by molar-refractivity contribution is 0.0337. The second-order valence-electron chi connectivity index (χ2n) is 5.35. The molecule has 1 atom stereocenters. The van der Waals surface area contributed by atoms with Crippen molar-refractivity contribution in [2.75, 3.05) is 0 Å². The van der Waals surface area contributed by atoms with Crippen LogP contribution in [0.25, 0.3) is 10.6 Å². The molecule has 0 saturated heterocycles. The summed E-state index contributed by atoms with van der Waals surface area (Å²) in [7, 11) is 1.84. The molecule has 2 heterocycles. The first kappa shape index (κ1) is 15.4. The molecule has 5 nitrogen and oxygen atoms in total. The van der Waals surface area contributed by atoms with Crippen LogP contribution in [0.5, 0.6) is 0 Å². The van der Waals surface area contributed by atoms with Crippen LogP contribution in [-0.4, -0.2) is 26.8 Å². The molecule has 0 spiro atoms. The molecule has 3 aromatic rings. The lowest BCUT2D eigenvalue weighted by atomic mass is 10.1. The molecule has 1 aromatic carbocycles. The van der Waals surface area contributed by atoms with Gasteiger partial charge in [0.05, 0.1) is 6.20 Å². The predicted molar refractivity (Wildman–Crippen MR) is 89.3 cm³/mol. The van der Waals surface area contributed by atoms with E-state index in [2.05, 4.69) is 10.1 Å². The van der Waals surface area contributed by atoms with E-state index in [1.807, 2.05) is 50.5 Å². The first-order valence-electron chi connectivity index (χ1n) is 7.31. The largest absolute Gasteiger partial charge is 0.458 e. The van der Waals surface area contributed by atoms with E-state index in [-0.39, 0.29) is 12.1 Å². The summed E-state index contributed by atoms with van der Waals surface area (Å²) < 4.78 is 7.18. The van der Waals surface area contributed by atoms with E-state index in [1.165, 1.54) is 11.3 Å². The Morgan fingerprint density at radius 1 is 1.35 bits per heavy atom. The molecule has 0 fully saturated rings. The van der Waals surface area contributed by atoms with Gasteiger partial charge in [0.2, 0.25) is 0 Å². The molecule has 1 unspecified atom stereocenters. The van der Waals surface area contributed by atoms with Crippen LogP contribution in [0.4, 0.5) is 0 Å². The maximum atomic E-state index is 12.2. The smallest absolute Gasteiger partial charge is 0.358 e. The minimum atomic E-state index is -0.389. The van der Waals surface area contributed by atoms with Gasteiger partial charge in [-0.15, -0.1) is 11.3 Å². The Balaban J connectivity index is 1.63. The number of thiazole rings is 1. The fourth-order valence-electron chi connectivity index (χ4n) is 2.26. The first-order valence-corrected chi connectivity index (χ1v) is 8.19. The van der Waals surface area contributed by atoms with E-state index in [1.54, 1.807) is 16.3 Å². The van der Waals surface area contributed by atoms with Crippen LogP contribution in [0.15, 0.2) is 48.1 Å². The second-order valence-corrected chi connectivity index (χ2v) is 6.20. The maximum absolute atomic E-state index is 12.2. The van der Waals surface area contributed by atoms with Gasteiger partial charge in [-0.1, -0.05) is 30.3 Å². The third-order valence-electron chi connectivity index (χ3n) is 3.34. The standard InChI is InChI=1S/C17H17N3O2S/c1-12(8-13-6-4-3-5-7-13)22-17(21)15-11-23-16(19-15)14-9-18-20(2)10-14/h3-7,9-12H,8H2,1-2H3. The van der Waals surface area contributed by atoms with E-state index >= 15 is 0 Å². The van der Waals surface area contributed by atoms with Crippen LogP contribution in [0.1, 0.15) is 23.0 Å². The highest BCUT2D eigenvalue weighted by Crippen LogP contribution is 2.23. The lowest BCUT2D eigenvalue weighted by Gasteiger charge is -2.12. The zero-order chi connectivity index (χ0) is 16.2. The number of ether oxygens (including phenoxy) is 1. The molecule has 6 heteroatoms. The molecule has 0 saturated carbocycles. The van der Waals surface area contributed by atoms with Crippen LogP contribution >= 0.6 is 11.3 Å². The maximum Gasteiger partial charge on any atom is 0.358 e. The highest BCUT2D eigenvalue weighted by atomic mass is 32.1. The minimum Gasteiger partial charge on any atom is -0.458 e. The first-order chi connectivity index (χ1) is 11.1. The summed E-state index contributed by atoms with van der Waals surface area (Å²) >= 11 is 1.41. The number of hydrogen-bond donors (Lipinski definition) is 0. The van der Waals surface area contributed by atoms with Crippen molar-refractivity contribution in [3.05, 3.63) is 59.4 Å². The van der Waals surface area contributed by atoms with Gasteiger partial charge in [0.1, 0.15) is 11.1 Å². The van der Waals surface area contributed by atoms with Gasteiger partial charge in [0.15, 0.2) is 5.69 Å². The number of rotatable bonds is 5. The molecule has 0 aliphatic heterocycles. The van der Waals surface area contributed by atoms with Crippen molar-refractivity contribution in [1.29, 1.82) is 0 Å². The second kappa shape index (κ2) is 6.75. The Bertz CT molecular complexity index is 795. The van der Waals surface area contributed by atoms with Crippen molar-refractivity contribution in [1.82, 2.24) is 14.8 Å². The van der Waals surface area contributed by atoms with Crippen molar-refractivity contribution in [2.45, 2.75) is 19.4 Å². The van der Waals surface area contributed by atoms with Gasteiger partial charge in [-0.25, -0.2) is 9.78 Å². The Hall–Kier alpha value is -2.47. The summed E-state index contributed by atoms with van der Waals surface area (Å²) in [5.74, 6) is -0.389. The summed E-state index contributed by atoms with van der Waals surface area (Å²) in [5, 5.41) is 6.60. The number of nitrogens with zero attached hydrogens (tertiary/aromatic N) is 3. The molecule has 2 aromatic heterocycles. The molecule has 118 valence electrons. The van der Waals surface area contributed by atoms with Crippen molar-refractivity contribution < 1.29 is 9.53 Å². The van der Waals surface area contributed by atoms with Crippen LogP contribution < -0.4 is 0 Å². The normalized spacial score (nSPS) is 12.1. The number of benzene rings is 1. The molecule has 0 bridgehead atoms. The topological polar surface area (TPSA) is 57.0 Å². The molecule has 3 rings (SSSR count). The van der Waals surface area contributed by atoms with Gasteiger partial charge in [-0.2, -0.15) is 5.10 Å². The highest BCUT2D eigenvalue weighted by Gasteiger charge is 2.17. The fourth-order valence-corrected chi connectivity index (χ4v) is 3.03. The molecule has 0 aliphatic carbocycles. The zero-order valence-corrected chi connectivity index (χ0v) is 13.8. The minimum absolute atomic E-state index is 0.201. The SMILES string of the molecule is CC(Cc1ccccc1)OC(=O)c1csc(-c2cnn(C)c2)n1. The van der Waals surface area contributed by atoms with Gasteiger partial charge in [-0.05, 0) is 12.5 Å². The van der Waals surface area contributed by atoms with Crippen LogP contribution in [-0.2, 0) is 18.2 Å². The van der Waals surface area contributed by atoms with Gasteiger partial charge in [-0.3, -0.25) is 4.68 Å². The quantitative estimate of drug-likeness (QED) is 0.675. The molecule has 0 radical (unpaired) electrons. The summed E-state index contributed by atoms with van der Waals surface area (Å²) in [5.41, 5.74) is 2.38. The molecular weight excluding hydrogens is 310 g/mol. The van der Waals surface area contributed by atoms with Crippen LogP contribution in [0, 0.1) is 0 Å². The number of esters is 1. The Morgan fingerprint density at radius 2 is 2.13 bits per heavy atom. The average molecular weight is 327 g/mol. The number of aromatic nitrogens is 3. The Kier molecular flexibility index (Phi) is 4.52. The number of carbonyl (C=O) groups is 1. The van der Waals surface area contributed by atoms with Gasteiger partial charge in [0, 0.05) is 30.6 Å². The van der Waals surface area contributed by atoms with Gasteiger partial charge >= 0.3 is 5.97 Å². The zero-order valence-electron chi connectivity index (χ0n) is 13.0. The number of hydrogen-bond acceptors (Lipinski definition) is 5. The average Bonchev–Trinajstić information content (AvgIpc) is 3.16. The third kappa shape index (κ3) is 3.84. The number of carbonyl (C=O) groups excluding carboxylic acids is 1. The Morgan fingerprint density at radius 3 is 2.83 bits per heavy atom. The van der Waals surface area contributed by atoms with Gasteiger partial charge in [0.25, 0.3) is 0 Å². The van der Waals surface area contributed by atoms with Crippen molar-refractivity contribution >= 4 is 17.3 Å². The third-order valence-corrected chi connectivity index (χ3v) is 4.23. The molecule has 0 amide bonds. The monoisotopic (exact) mass is 327 g/mol. The van der Waals surface area contributed by atoms with Crippen LogP contribution in [0.2, 0.25) is 0 Å². The molecular formula is C17H17N3O2S.